The van der Waals surface area contributed by atoms with Crippen LogP contribution in [0.5, 0.6) is 5.75 Å². The molecule has 0 unspecified atom stereocenters. The Balaban J connectivity index is 2.04. The first kappa shape index (κ1) is 14.8. The first-order valence-corrected chi connectivity index (χ1v) is 6.48. The zero-order valence-corrected chi connectivity index (χ0v) is 12.2. The van der Waals surface area contributed by atoms with Crippen LogP contribution in [0.1, 0.15) is 11.1 Å². The van der Waals surface area contributed by atoms with Gasteiger partial charge in [0.2, 0.25) is 0 Å². The molecule has 2 N–H and O–H groups in total. The van der Waals surface area contributed by atoms with Gasteiger partial charge in [0, 0.05) is 17.4 Å². The number of amides is 2. The summed E-state index contributed by atoms with van der Waals surface area (Å²) < 4.78 is 18.4. The second kappa shape index (κ2) is 6.26. The van der Waals surface area contributed by atoms with Gasteiger partial charge in [0.25, 0.3) is 0 Å². The second-order valence-corrected chi connectivity index (χ2v) is 4.73. The predicted octanol–water partition coefficient (Wildman–Crippen LogP) is 4.10. The summed E-state index contributed by atoms with van der Waals surface area (Å²) in [6.45, 7) is 3.97. The normalized spacial score (nSPS) is 10.1. The predicted molar refractivity (Wildman–Crippen MR) is 81.5 cm³/mol. The molecule has 0 aliphatic heterocycles. The van der Waals surface area contributed by atoms with E-state index in [2.05, 4.69) is 10.6 Å². The lowest BCUT2D eigenvalue weighted by Gasteiger charge is -2.10. The maximum Gasteiger partial charge on any atom is 0.323 e. The van der Waals surface area contributed by atoms with Gasteiger partial charge in [-0.15, -0.1) is 0 Å². The number of ether oxygens (including phenoxy) is 1. The van der Waals surface area contributed by atoms with Crippen molar-refractivity contribution in [1.82, 2.24) is 0 Å². The van der Waals surface area contributed by atoms with Crippen LogP contribution < -0.4 is 15.4 Å². The summed E-state index contributed by atoms with van der Waals surface area (Å²) in [5.74, 6) is -0.392. The number of benzene rings is 2. The van der Waals surface area contributed by atoms with E-state index in [-0.39, 0.29) is 5.75 Å². The third kappa shape index (κ3) is 3.72. The summed E-state index contributed by atoms with van der Waals surface area (Å²) in [6.07, 6.45) is 0. The molecule has 0 aliphatic carbocycles. The molecule has 2 rings (SSSR count). The molecular formula is C16H17FN2O2. The van der Waals surface area contributed by atoms with E-state index in [1.165, 1.54) is 19.2 Å². The van der Waals surface area contributed by atoms with Crippen molar-refractivity contribution in [2.45, 2.75) is 13.8 Å². The van der Waals surface area contributed by atoms with Gasteiger partial charge in [0.05, 0.1) is 7.11 Å². The summed E-state index contributed by atoms with van der Waals surface area (Å²) in [6, 6.07) is 9.43. The summed E-state index contributed by atoms with van der Waals surface area (Å²) in [7, 11) is 1.39. The van der Waals surface area contributed by atoms with Crippen molar-refractivity contribution < 1.29 is 13.9 Å². The Bertz CT molecular complexity index is 671. The lowest BCUT2D eigenvalue weighted by Crippen LogP contribution is -2.19. The first-order chi connectivity index (χ1) is 9.99. The van der Waals surface area contributed by atoms with Crippen LogP contribution in [0.3, 0.4) is 0 Å². The largest absolute Gasteiger partial charge is 0.494 e. The zero-order valence-electron chi connectivity index (χ0n) is 12.2. The molecule has 21 heavy (non-hydrogen) atoms. The lowest BCUT2D eigenvalue weighted by molar-refractivity contribution is 0.262. The number of nitrogens with one attached hydrogen (secondary N) is 2. The molecule has 110 valence electrons. The van der Waals surface area contributed by atoms with Gasteiger partial charge < -0.3 is 15.4 Å². The second-order valence-electron chi connectivity index (χ2n) is 4.73. The fraction of sp³-hybridized carbons (Fsp3) is 0.188. The van der Waals surface area contributed by atoms with Gasteiger partial charge in [-0.25, -0.2) is 9.18 Å². The van der Waals surface area contributed by atoms with Crippen LogP contribution in [0.4, 0.5) is 20.6 Å². The highest BCUT2D eigenvalue weighted by Crippen LogP contribution is 2.21. The molecule has 0 bridgehead atoms. The van der Waals surface area contributed by atoms with E-state index < -0.39 is 11.8 Å². The highest BCUT2D eigenvalue weighted by atomic mass is 19.1. The van der Waals surface area contributed by atoms with E-state index >= 15 is 0 Å². The van der Waals surface area contributed by atoms with E-state index in [4.69, 9.17) is 4.74 Å². The van der Waals surface area contributed by atoms with Crippen LogP contribution in [0, 0.1) is 19.7 Å². The zero-order chi connectivity index (χ0) is 15.4. The van der Waals surface area contributed by atoms with Crippen LogP contribution >= 0.6 is 0 Å². The number of carbonyl (C=O) groups is 1. The maximum atomic E-state index is 13.5. The lowest BCUT2D eigenvalue weighted by atomic mass is 10.1. The van der Waals surface area contributed by atoms with Crippen LogP contribution in [-0.2, 0) is 0 Å². The van der Waals surface area contributed by atoms with Gasteiger partial charge in [0.15, 0.2) is 11.6 Å². The average Bonchev–Trinajstić information content (AvgIpc) is 2.43. The Hall–Kier alpha value is -2.56. The van der Waals surface area contributed by atoms with Crippen molar-refractivity contribution in [2.24, 2.45) is 0 Å². The number of aryl methyl sites for hydroxylation is 2. The number of anilines is 2. The number of carbonyl (C=O) groups excluding carboxylic acids is 1. The number of hydrogen-bond donors (Lipinski definition) is 2. The van der Waals surface area contributed by atoms with Gasteiger partial charge in [-0.3, -0.25) is 0 Å². The Morgan fingerprint density at radius 3 is 2.19 bits per heavy atom. The van der Waals surface area contributed by atoms with Gasteiger partial charge in [0.1, 0.15) is 0 Å². The SMILES string of the molecule is COc1ccc(NC(=O)Nc2ccc(C)c(C)c2)cc1F. The Kier molecular flexibility index (Phi) is 4.42. The molecule has 0 aliphatic rings. The summed E-state index contributed by atoms with van der Waals surface area (Å²) >= 11 is 0. The number of rotatable bonds is 3. The van der Waals surface area contributed by atoms with E-state index in [0.717, 1.165) is 11.1 Å². The molecule has 0 fully saturated rings. The Morgan fingerprint density at radius 1 is 1.00 bits per heavy atom. The molecule has 2 aromatic carbocycles. The molecule has 5 heteroatoms. The summed E-state index contributed by atoms with van der Waals surface area (Å²) in [4.78, 5) is 11.9. The monoisotopic (exact) mass is 288 g/mol. The summed E-state index contributed by atoms with van der Waals surface area (Å²) in [5, 5.41) is 5.27. The van der Waals surface area contributed by atoms with Crippen molar-refractivity contribution in [2.75, 3.05) is 17.7 Å². The third-order valence-electron chi connectivity index (χ3n) is 3.17. The first-order valence-electron chi connectivity index (χ1n) is 6.48. The van der Waals surface area contributed by atoms with Gasteiger partial charge in [-0.05, 0) is 49.2 Å². The number of urea groups is 1. The molecule has 0 spiro atoms. The molecule has 0 aromatic heterocycles. The van der Waals surface area contributed by atoms with E-state index in [9.17, 15) is 9.18 Å². The molecule has 0 saturated heterocycles. The number of methoxy groups -OCH3 is 1. The Labute approximate surface area is 122 Å². The molecule has 0 heterocycles. The van der Waals surface area contributed by atoms with Gasteiger partial charge in [-0.2, -0.15) is 0 Å². The minimum Gasteiger partial charge on any atom is -0.494 e. The van der Waals surface area contributed by atoms with Crippen molar-refractivity contribution in [3.63, 3.8) is 0 Å². The molecule has 0 atom stereocenters. The highest BCUT2D eigenvalue weighted by Gasteiger charge is 2.07. The molecular weight excluding hydrogens is 271 g/mol. The number of hydrogen-bond acceptors (Lipinski definition) is 2. The molecule has 0 radical (unpaired) electrons. The standard InChI is InChI=1S/C16H17FN2O2/c1-10-4-5-12(8-11(10)2)18-16(20)19-13-6-7-15(21-3)14(17)9-13/h4-9H,1-3H3,(H2,18,19,20). The maximum absolute atomic E-state index is 13.5. The molecule has 4 nitrogen and oxygen atoms in total. The van der Waals surface area contributed by atoms with Crippen LogP contribution in [0.15, 0.2) is 36.4 Å². The van der Waals surface area contributed by atoms with Crippen molar-refractivity contribution >= 4 is 17.4 Å². The minimum atomic E-state index is -0.526. The smallest absolute Gasteiger partial charge is 0.323 e. The van der Waals surface area contributed by atoms with Crippen molar-refractivity contribution in [1.29, 1.82) is 0 Å². The minimum absolute atomic E-state index is 0.134. The highest BCUT2D eigenvalue weighted by molar-refractivity contribution is 5.99. The van der Waals surface area contributed by atoms with E-state index in [0.29, 0.717) is 11.4 Å². The fourth-order valence-corrected chi connectivity index (χ4v) is 1.86. The Morgan fingerprint density at radius 2 is 1.62 bits per heavy atom. The molecule has 2 aromatic rings. The van der Waals surface area contributed by atoms with E-state index in [1.807, 2.05) is 32.0 Å². The molecule has 2 amide bonds. The van der Waals surface area contributed by atoms with E-state index in [1.54, 1.807) is 6.07 Å². The van der Waals surface area contributed by atoms with Crippen LogP contribution in [0.2, 0.25) is 0 Å². The van der Waals surface area contributed by atoms with Gasteiger partial charge in [-0.1, -0.05) is 6.07 Å². The van der Waals surface area contributed by atoms with Crippen LogP contribution in [0.25, 0.3) is 0 Å². The number of halogens is 1. The van der Waals surface area contributed by atoms with Gasteiger partial charge >= 0.3 is 6.03 Å². The fourth-order valence-electron chi connectivity index (χ4n) is 1.86. The molecule has 0 saturated carbocycles. The van der Waals surface area contributed by atoms with Crippen molar-refractivity contribution in [3.8, 4) is 5.75 Å². The third-order valence-corrected chi connectivity index (χ3v) is 3.17. The van der Waals surface area contributed by atoms with Crippen molar-refractivity contribution in [3.05, 3.63) is 53.3 Å². The topological polar surface area (TPSA) is 50.4 Å². The quantitative estimate of drug-likeness (QED) is 0.893. The van der Waals surface area contributed by atoms with Crippen LogP contribution in [-0.4, -0.2) is 13.1 Å². The summed E-state index contributed by atoms with van der Waals surface area (Å²) in [5.41, 5.74) is 3.28. The average molecular weight is 288 g/mol.